The van der Waals surface area contributed by atoms with Gasteiger partial charge in [0.1, 0.15) is 0 Å². The fourth-order valence-corrected chi connectivity index (χ4v) is 4.29. The molecule has 3 aromatic rings. The third-order valence-corrected chi connectivity index (χ3v) is 5.73. The topological polar surface area (TPSA) is 70.9 Å². The Morgan fingerprint density at radius 3 is 2.48 bits per heavy atom. The van der Waals surface area contributed by atoms with Gasteiger partial charge in [0.15, 0.2) is 0 Å². The van der Waals surface area contributed by atoms with Crippen LogP contribution in [0, 0.1) is 0 Å². The van der Waals surface area contributed by atoms with Crippen LogP contribution >= 0.6 is 0 Å². The number of rotatable bonds is 5. The summed E-state index contributed by atoms with van der Waals surface area (Å²) in [5.74, 6) is -0.244. The van der Waals surface area contributed by atoms with Crippen LogP contribution < -0.4 is 11.1 Å². The SMILES string of the molecule is N[C@@H](C(=O)NC1CCCCC1)[C@H](c1ccccc1)c1c[nH]c2ccccc12. The molecule has 27 heavy (non-hydrogen) atoms. The molecule has 4 N–H and O–H groups in total. The Kier molecular flexibility index (Phi) is 5.26. The van der Waals surface area contributed by atoms with Crippen molar-refractivity contribution < 1.29 is 4.79 Å². The van der Waals surface area contributed by atoms with Crippen molar-refractivity contribution in [3.05, 3.63) is 71.9 Å². The molecule has 4 heteroatoms. The molecule has 140 valence electrons. The third kappa shape index (κ3) is 3.76. The van der Waals surface area contributed by atoms with Crippen LogP contribution in [0.4, 0.5) is 0 Å². The molecule has 0 radical (unpaired) electrons. The zero-order valence-corrected chi connectivity index (χ0v) is 15.5. The van der Waals surface area contributed by atoms with E-state index >= 15 is 0 Å². The summed E-state index contributed by atoms with van der Waals surface area (Å²) in [7, 11) is 0. The Balaban J connectivity index is 1.66. The number of fused-ring (bicyclic) bond motifs is 1. The van der Waals surface area contributed by atoms with Crippen molar-refractivity contribution in [2.75, 3.05) is 0 Å². The van der Waals surface area contributed by atoms with E-state index in [0.29, 0.717) is 0 Å². The normalized spacial score (nSPS) is 17.5. The van der Waals surface area contributed by atoms with Crippen molar-refractivity contribution in [2.45, 2.75) is 50.1 Å². The zero-order valence-electron chi connectivity index (χ0n) is 15.5. The maximum absolute atomic E-state index is 13.0. The Morgan fingerprint density at radius 2 is 1.70 bits per heavy atom. The highest BCUT2D eigenvalue weighted by atomic mass is 16.2. The Bertz CT molecular complexity index is 896. The van der Waals surface area contributed by atoms with Gasteiger partial charge >= 0.3 is 0 Å². The van der Waals surface area contributed by atoms with Crippen molar-refractivity contribution in [1.82, 2.24) is 10.3 Å². The van der Waals surface area contributed by atoms with E-state index in [-0.39, 0.29) is 17.9 Å². The minimum Gasteiger partial charge on any atom is -0.361 e. The number of aromatic nitrogens is 1. The average molecular weight is 361 g/mol. The van der Waals surface area contributed by atoms with Gasteiger partial charge in [0.05, 0.1) is 6.04 Å². The fraction of sp³-hybridized carbons (Fsp3) is 0.348. The van der Waals surface area contributed by atoms with Crippen LogP contribution in [-0.4, -0.2) is 23.0 Å². The molecule has 2 aromatic carbocycles. The maximum atomic E-state index is 13.0. The van der Waals surface area contributed by atoms with Gasteiger partial charge in [-0.1, -0.05) is 67.8 Å². The fourth-order valence-electron chi connectivity index (χ4n) is 4.29. The molecule has 2 atom stereocenters. The van der Waals surface area contributed by atoms with Gasteiger partial charge in [-0.2, -0.15) is 0 Å². The van der Waals surface area contributed by atoms with Crippen LogP contribution in [0.5, 0.6) is 0 Å². The van der Waals surface area contributed by atoms with Gasteiger partial charge in [0, 0.05) is 29.1 Å². The quantitative estimate of drug-likeness (QED) is 0.641. The van der Waals surface area contributed by atoms with Gasteiger partial charge in [-0.15, -0.1) is 0 Å². The molecule has 1 aliphatic carbocycles. The monoisotopic (exact) mass is 361 g/mol. The van der Waals surface area contributed by atoms with Crippen LogP contribution in [0.25, 0.3) is 10.9 Å². The minimum absolute atomic E-state index is 0.0546. The third-order valence-electron chi connectivity index (χ3n) is 5.73. The number of hydrogen-bond acceptors (Lipinski definition) is 2. The summed E-state index contributed by atoms with van der Waals surface area (Å²) in [4.78, 5) is 16.3. The summed E-state index contributed by atoms with van der Waals surface area (Å²) < 4.78 is 0. The zero-order chi connectivity index (χ0) is 18.6. The Labute approximate surface area is 160 Å². The first kappa shape index (κ1) is 17.8. The second-order valence-electron chi connectivity index (χ2n) is 7.55. The van der Waals surface area contributed by atoms with Gasteiger partial charge in [-0.05, 0) is 30.0 Å². The van der Waals surface area contributed by atoms with Crippen molar-refractivity contribution in [1.29, 1.82) is 0 Å². The maximum Gasteiger partial charge on any atom is 0.238 e. The summed E-state index contributed by atoms with van der Waals surface area (Å²) in [5.41, 5.74) is 9.77. The summed E-state index contributed by atoms with van der Waals surface area (Å²) in [6.07, 6.45) is 7.75. The van der Waals surface area contributed by atoms with Gasteiger partial charge in [0.25, 0.3) is 0 Å². The molecule has 0 spiro atoms. The first-order valence-corrected chi connectivity index (χ1v) is 9.91. The molecule has 0 unspecified atom stereocenters. The van der Waals surface area contributed by atoms with E-state index in [4.69, 9.17) is 5.73 Å². The van der Waals surface area contributed by atoms with E-state index in [1.807, 2.05) is 36.5 Å². The van der Waals surface area contributed by atoms with Gasteiger partial charge in [0.2, 0.25) is 5.91 Å². The second kappa shape index (κ2) is 7.97. The van der Waals surface area contributed by atoms with Crippen LogP contribution in [-0.2, 0) is 4.79 Å². The summed E-state index contributed by atoms with van der Waals surface area (Å²) in [5, 5.41) is 4.32. The predicted molar refractivity (Wildman–Crippen MR) is 110 cm³/mol. The van der Waals surface area contributed by atoms with E-state index in [2.05, 4.69) is 34.6 Å². The van der Waals surface area contributed by atoms with Crippen LogP contribution in [0.15, 0.2) is 60.8 Å². The number of carbonyl (C=O) groups excluding carboxylic acids is 1. The Morgan fingerprint density at radius 1 is 1.00 bits per heavy atom. The van der Waals surface area contributed by atoms with E-state index < -0.39 is 6.04 Å². The van der Waals surface area contributed by atoms with E-state index in [0.717, 1.165) is 34.9 Å². The first-order chi connectivity index (χ1) is 13.2. The number of aromatic amines is 1. The first-order valence-electron chi connectivity index (χ1n) is 9.91. The molecule has 1 amide bonds. The molecule has 1 aliphatic rings. The number of amides is 1. The lowest BCUT2D eigenvalue weighted by Crippen LogP contribution is -2.48. The van der Waals surface area contributed by atoms with Gasteiger partial charge < -0.3 is 16.0 Å². The predicted octanol–water partition coefficient (Wildman–Crippen LogP) is 4.08. The highest BCUT2D eigenvalue weighted by molar-refractivity contribution is 5.88. The molecular formula is C23H27N3O. The standard InChI is InChI=1S/C23H27N3O/c24-22(23(27)26-17-11-5-2-6-12-17)21(16-9-3-1-4-10-16)19-15-25-20-14-8-7-13-18(19)20/h1,3-4,7-10,13-15,17,21-22,25H,2,5-6,11-12,24H2,(H,26,27)/t21-,22-/m1/s1. The van der Waals surface area contributed by atoms with Crippen LogP contribution in [0.3, 0.4) is 0 Å². The number of para-hydroxylation sites is 1. The van der Waals surface area contributed by atoms with Crippen LogP contribution in [0.1, 0.15) is 49.1 Å². The molecule has 0 bridgehead atoms. The lowest BCUT2D eigenvalue weighted by Gasteiger charge is -2.28. The number of nitrogens with one attached hydrogen (secondary N) is 2. The van der Waals surface area contributed by atoms with E-state index in [1.54, 1.807) is 0 Å². The molecule has 1 heterocycles. The number of H-pyrrole nitrogens is 1. The molecule has 1 fully saturated rings. The summed E-state index contributed by atoms with van der Waals surface area (Å²) >= 11 is 0. The number of nitrogens with two attached hydrogens (primary N) is 1. The highest BCUT2D eigenvalue weighted by Crippen LogP contribution is 2.33. The molecule has 0 aliphatic heterocycles. The molecule has 1 saturated carbocycles. The number of benzene rings is 2. The van der Waals surface area contributed by atoms with Crippen molar-refractivity contribution >= 4 is 16.8 Å². The lowest BCUT2D eigenvalue weighted by atomic mass is 9.84. The molecule has 4 nitrogen and oxygen atoms in total. The summed E-state index contributed by atoms with van der Waals surface area (Å²) in [6, 6.07) is 17.9. The van der Waals surface area contributed by atoms with E-state index in [1.165, 1.54) is 19.3 Å². The lowest BCUT2D eigenvalue weighted by molar-refractivity contribution is -0.123. The molecular weight excluding hydrogens is 334 g/mol. The van der Waals surface area contributed by atoms with Gasteiger partial charge in [-0.3, -0.25) is 4.79 Å². The van der Waals surface area contributed by atoms with Crippen molar-refractivity contribution in [2.24, 2.45) is 5.73 Å². The second-order valence-corrected chi connectivity index (χ2v) is 7.55. The number of carbonyl (C=O) groups is 1. The largest absolute Gasteiger partial charge is 0.361 e. The average Bonchev–Trinajstić information content (AvgIpc) is 3.14. The molecule has 1 aromatic heterocycles. The van der Waals surface area contributed by atoms with Crippen molar-refractivity contribution in [3.8, 4) is 0 Å². The smallest absolute Gasteiger partial charge is 0.238 e. The minimum atomic E-state index is -0.631. The molecule has 0 saturated heterocycles. The van der Waals surface area contributed by atoms with Gasteiger partial charge in [-0.25, -0.2) is 0 Å². The Hall–Kier alpha value is -2.59. The highest BCUT2D eigenvalue weighted by Gasteiger charge is 2.31. The summed E-state index contributed by atoms with van der Waals surface area (Å²) in [6.45, 7) is 0. The number of hydrogen-bond donors (Lipinski definition) is 3. The van der Waals surface area contributed by atoms with Crippen molar-refractivity contribution in [3.63, 3.8) is 0 Å². The molecule has 4 rings (SSSR count). The van der Waals surface area contributed by atoms with E-state index in [9.17, 15) is 4.79 Å². The van der Waals surface area contributed by atoms with Crippen LogP contribution in [0.2, 0.25) is 0 Å².